The van der Waals surface area contributed by atoms with Gasteiger partial charge in [-0.05, 0) is 49.6 Å². The van der Waals surface area contributed by atoms with Crippen molar-refractivity contribution in [2.75, 3.05) is 20.1 Å². The Morgan fingerprint density at radius 3 is 3.00 bits per heavy atom. The second-order valence-electron chi connectivity index (χ2n) is 5.44. The molecule has 1 aromatic rings. The molecule has 1 atom stereocenters. The van der Waals surface area contributed by atoms with Gasteiger partial charge in [0.1, 0.15) is 0 Å². The maximum atomic E-state index is 11.7. The first-order valence-corrected chi connectivity index (χ1v) is 7.07. The van der Waals surface area contributed by atoms with Crippen molar-refractivity contribution in [3.05, 3.63) is 34.9 Å². The Hall–Kier alpha value is -1.86. The van der Waals surface area contributed by atoms with E-state index >= 15 is 0 Å². The van der Waals surface area contributed by atoms with Gasteiger partial charge < -0.3 is 5.32 Å². The Morgan fingerprint density at radius 1 is 1.55 bits per heavy atom. The summed E-state index contributed by atoms with van der Waals surface area (Å²) in [6.07, 6.45) is 2.04. The van der Waals surface area contributed by atoms with Crippen LogP contribution in [-0.4, -0.2) is 30.9 Å². The fourth-order valence-corrected chi connectivity index (χ4v) is 2.80. The van der Waals surface area contributed by atoms with Gasteiger partial charge in [-0.3, -0.25) is 9.69 Å². The number of rotatable bonds is 3. The molecule has 106 valence electrons. The Bertz CT molecular complexity index is 533. The molecule has 1 unspecified atom stereocenters. The molecule has 1 fully saturated rings. The third-order valence-corrected chi connectivity index (χ3v) is 3.99. The lowest BCUT2D eigenvalue weighted by Gasteiger charge is -2.32. The molecule has 4 nitrogen and oxygen atoms in total. The van der Waals surface area contributed by atoms with E-state index in [4.69, 9.17) is 5.26 Å². The number of carbonyl (C=O) groups is 1. The Balaban J connectivity index is 2.03. The SMILES string of the molecule is CNC(=O)C1CCCN(Cc2ccc(C#N)cc2C)C1. The van der Waals surface area contributed by atoms with Gasteiger partial charge in [0.2, 0.25) is 5.91 Å². The quantitative estimate of drug-likeness (QED) is 0.912. The van der Waals surface area contributed by atoms with Crippen LogP contribution in [0.3, 0.4) is 0 Å². The van der Waals surface area contributed by atoms with Crippen LogP contribution >= 0.6 is 0 Å². The molecule has 20 heavy (non-hydrogen) atoms. The molecule has 1 aliphatic heterocycles. The number of nitrogens with one attached hydrogen (secondary N) is 1. The van der Waals surface area contributed by atoms with E-state index in [2.05, 4.69) is 16.3 Å². The van der Waals surface area contributed by atoms with E-state index in [0.717, 1.165) is 38.0 Å². The van der Waals surface area contributed by atoms with Crippen LogP contribution in [0.15, 0.2) is 18.2 Å². The molecule has 1 aliphatic rings. The normalized spacial score (nSPS) is 19.4. The van der Waals surface area contributed by atoms with Crippen LogP contribution in [0.5, 0.6) is 0 Å². The first-order valence-electron chi connectivity index (χ1n) is 7.07. The van der Waals surface area contributed by atoms with E-state index < -0.39 is 0 Å². The molecule has 1 amide bonds. The number of amides is 1. The molecule has 4 heteroatoms. The highest BCUT2D eigenvalue weighted by molar-refractivity contribution is 5.78. The van der Waals surface area contributed by atoms with Crippen molar-refractivity contribution in [1.29, 1.82) is 5.26 Å². The largest absolute Gasteiger partial charge is 0.359 e. The topological polar surface area (TPSA) is 56.1 Å². The molecule has 1 saturated heterocycles. The molecule has 0 aliphatic carbocycles. The predicted molar refractivity (Wildman–Crippen MR) is 78.0 cm³/mol. The monoisotopic (exact) mass is 271 g/mol. The van der Waals surface area contributed by atoms with E-state index in [-0.39, 0.29) is 11.8 Å². The predicted octanol–water partition coefficient (Wildman–Crippen LogP) is 1.82. The van der Waals surface area contributed by atoms with Crippen molar-refractivity contribution < 1.29 is 4.79 Å². The fourth-order valence-electron chi connectivity index (χ4n) is 2.80. The summed E-state index contributed by atoms with van der Waals surface area (Å²) in [6.45, 7) is 4.74. The van der Waals surface area contributed by atoms with Crippen LogP contribution in [0.25, 0.3) is 0 Å². The minimum absolute atomic E-state index is 0.104. The summed E-state index contributed by atoms with van der Waals surface area (Å²) in [5.74, 6) is 0.249. The van der Waals surface area contributed by atoms with Gasteiger partial charge in [0, 0.05) is 20.1 Å². The molecule has 1 heterocycles. The Labute approximate surface area is 120 Å². The maximum absolute atomic E-state index is 11.7. The average Bonchev–Trinajstić information content (AvgIpc) is 2.48. The van der Waals surface area contributed by atoms with Crippen LogP contribution < -0.4 is 5.32 Å². The van der Waals surface area contributed by atoms with E-state index in [1.54, 1.807) is 7.05 Å². The van der Waals surface area contributed by atoms with Gasteiger partial charge in [0.15, 0.2) is 0 Å². The first kappa shape index (κ1) is 14.5. The number of carbonyl (C=O) groups excluding carboxylic acids is 1. The first-order chi connectivity index (χ1) is 9.63. The van der Waals surface area contributed by atoms with Crippen LogP contribution in [-0.2, 0) is 11.3 Å². The third kappa shape index (κ3) is 3.37. The van der Waals surface area contributed by atoms with Crippen molar-refractivity contribution in [2.45, 2.75) is 26.3 Å². The highest BCUT2D eigenvalue weighted by Crippen LogP contribution is 2.20. The number of likely N-dealkylation sites (tertiary alicyclic amines) is 1. The summed E-state index contributed by atoms with van der Waals surface area (Å²) in [7, 11) is 1.70. The van der Waals surface area contributed by atoms with Crippen molar-refractivity contribution in [3.8, 4) is 6.07 Å². The summed E-state index contributed by atoms with van der Waals surface area (Å²) in [5.41, 5.74) is 3.08. The standard InChI is InChI=1S/C16H21N3O/c1-12-8-13(9-17)5-6-14(12)10-19-7-3-4-15(11-19)16(20)18-2/h5-6,8,15H,3-4,7,10-11H2,1-2H3,(H,18,20). The lowest BCUT2D eigenvalue weighted by atomic mass is 9.96. The number of nitriles is 1. The van der Waals surface area contributed by atoms with Crippen molar-refractivity contribution in [3.63, 3.8) is 0 Å². The second kappa shape index (κ2) is 6.53. The van der Waals surface area contributed by atoms with Gasteiger partial charge in [-0.25, -0.2) is 0 Å². The van der Waals surface area contributed by atoms with E-state index in [0.29, 0.717) is 5.56 Å². The lowest BCUT2D eigenvalue weighted by molar-refractivity contribution is -0.126. The van der Waals surface area contributed by atoms with Crippen LogP contribution in [0.4, 0.5) is 0 Å². The lowest BCUT2D eigenvalue weighted by Crippen LogP contribution is -2.41. The molecule has 0 saturated carbocycles. The van der Waals surface area contributed by atoms with Gasteiger partial charge in [-0.1, -0.05) is 6.07 Å². The summed E-state index contributed by atoms with van der Waals surface area (Å²) in [4.78, 5) is 14.1. The number of piperidine rings is 1. The number of nitrogens with zero attached hydrogens (tertiary/aromatic N) is 2. The van der Waals surface area contributed by atoms with E-state index in [1.165, 1.54) is 5.56 Å². The Kier molecular flexibility index (Phi) is 4.75. The summed E-state index contributed by atoms with van der Waals surface area (Å²) >= 11 is 0. The maximum Gasteiger partial charge on any atom is 0.224 e. The van der Waals surface area contributed by atoms with Crippen LogP contribution in [0.1, 0.15) is 29.5 Å². The minimum atomic E-state index is 0.104. The van der Waals surface area contributed by atoms with Crippen molar-refractivity contribution >= 4 is 5.91 Å². The molecule has 0 radical (unpaired) electrons. The van der Waals surface area contributed by atoms with Crippen LogP contribution in [0, 0.1) is 24.2 Å². The van der Waals surface area contributed by atoms with Gasteiger partial charge in [-0.15, -0.1) is 0 Å². The summed E-state index contributed by atoms with van der Waals surface area (Å²) < 4.78 is 0. The molecule has 0 spiro atoms. The zero-order valence-electron chi connectivity index (χ0n) is 12.1. The molecule has 0 bridgehead atoms. The highest BCUT2D eigenvalue weighted by atomic mass is 16.1. The second-order valence-corrected chi connectivity index (χ2v) is 5.44. The van der Waals surface area contributed by atoms with E-state index in [1.807, 2.05) is 25.1 Å². The molecule has 1 N–H and O–H groups in total. The smallest absolute Gasteiger partial charge is 0.224 e. The molecule has 1 aromatic carbocycles. The van der Waals surface area contributed by atoms with Gasteiger partial charge in [-0.2, -0.15) is 5.26 Å². The molecule has 2 rings (SSSR count). The number of hydrogen-bond donors (Lipinski definition) is 1. The summed E-state index contributed by atoms with van der Waals surface area (Å²) in [5, 5.41) is 11.6. The number of hydrogen-bond acceptors (Lipinski definition) is 3. The zero-order valence-corrected chi connectivity index (χ0v) is 12.1. The van der Waals surface area contributed by atoms with Crippen molar-refractivity contribution in [2.24, 2.45) is 5.92 Å². The summed E-state index contributed by atoms with van der Waals surface area (Å²) in [6, 6.07) is 7.98. The molecule has 0 aromatic heterocycles. The van der Waals surface area contributed by atoms with E-state index in [9.17, 15) is 4.79 Å². The number of benzene rings is 1. The zero-order chi connectivity index (χ0) is 14.5. The fraction of sp³-hybridized carbons (Fsp3) is 0.500. The van der Waals surface area contributed by atoms with Gasteiger partial charge >= 0.3 is 0 Å². The van der Waals surface area contributed by atoms with Gasteiger partial charge in [0.25, 0.3) is 0 Å². The molecular formula is C16H21N3O. The van der Waals surface area contributed by atoms with Gasteiger partial charge in [0.05, 0.1) is 17.6 Å². The third-order valence-electron chi connectivity index (χ3n) is 3.99. The average molecular weight is 271 g/mol. The molecular weight excluding hydrogens is 250 g/mol. The van der Waals surface area contributed by atoms with Crippen LogP contribution in [0.2, 0.25) is 0 Å². The Morgan fingerprint density at radius 2 is 2.35 bits per heavy atom. The minimum Gasteiger partial charge on any atom is -0.359 e. The number of aryl methyl sites for hydroxylation is 1. The highest BCUT2D eigenvalue weighted by Gasteiger charge is 2.25. The van der Waals surface area contributed by atoms with Crippen molar-refractivity contribution in [1.82, 2.24) is 10.2 Å².